The average Bonchev–Trinajstić information content (AvgIpc) is 2.71. The lowest BCUT2D eigenvalue weighted by Gasteiger charge is -2.33. The quantitative estimate of drug-likeness (QED) is 0.134. The Kier molecular flexibility index (Phi) is 18.4. The molecule has 0 fully saturated rings. The van der Waals surface area contributed by atoms with Crippen molar-refractivity contribution in [1.29, 1.82) is 0 Å². The molecule has 0 aromatic carbocycles. The van der Waals surface area contributed by atoms with Crippen LogP contribution in [0.25, 0.3) is 0 Å². The molecule has 2 nitrogen and oxygen atoms in total. The van der Waals surface area contributed by atoms with E-state index in [2.05, 4.69) is 41.5 Å². The van der Waals surface area contributed by atoms with E-state index in [4.69, 9.17) is 8.85 Å². The van der Waals surface area contributed by atoms with E-state index < -0.39 is 16.6 Å². The van der Waals surface area contributed by atoms with Crippen LogP contribution in [-0.4, -0.2) is 29.8 Å². The maximum absolute atomic E-state index is 6.56. The van der Waals surface area contributed by atoms with Gasteiger partial charge >= 0.3 is 0 Å². The van der Waals surface area contributed by atoms with Crippen molar-refractivity contribution in [2.24, 2.45) is 0 Å². The molecule has 28 heavy (non-hydrogen) atoms. The van der Waals surface area contributed by atoms with E-state index in [1.807, 2.05) is 0 Å². The summed E-state index contributed by atoms with van der Waals surface area (Å²) in [4.78, 5) is 0. The molecule has 0 atom stereocenters. The zero-order valence-electron chi connectivity index (χ0n) is 20.5. The summed E-state index contributed by atoms with van der Waals surface area (Å²) < 4.78 is 13.1. The molecule has 170 valence electrons. The molecule has 0 aliphatic carbocycles. The van der Waals surface area contributed by atoms with E-state index in [-0.39, 0.29) is 0 Å². The Balaban J connectivity index is 4.88. The molecule has 0 rings (SSSR count). The van der Waals surface area contributed by atoms with Gasteiger partial charge in [-0.3, -0.25) is 0 Å². The third-order valence-corrected chi connectivity index (χ3v) is 15.8. The number of unbranched alkanes of at least 4 members (excludes halogenated alkanes) is 5. The van der Waals surface area contributed by atoms with E-state index in [1.54, 1.807) is 0 Å². The van der Waals surface area contributed by atoms with E-state index >= 15 is 0 Å². The Morgan fingerprint density at radius 2 is 0.643 bits per heavy atom. The molecule has 0 amide bonds. The van der Waals surface area contributed by atoms with E-state index in [0.29, 0.717) is 0 Å². The standard InChI is InChI=1S/C24H54O2Si2/c1-7-13-19-27(25-11-5,20-14-8-2)23-17-18-24-28(26-12-6,21-15-9-3)22-16-10-4/h7-24H2,1-6H3. The lowest BCUT2D eigenvalue weighted by molar-refractivity contribution is 0.310. The van der Waals surface area contributed by atoms with Gasteiger partial charge in [0.25, 0.3) is 0 Å². The molecule has 4 heteroatoms. The Hall–Kier alpha value is 0.354. The van der Waals surface area contributed by atoms with Gasteiger partial charge in [-0.1, -0.05) is 91.9 Å². The van der Waals surface area contributed by atoms with Crippen molar-refractivity contribution < 1.29 is 8.85 Å². The maximum atomic E-state index is 6.56. The van der Waals surface area contributed by atoms with Crippen molar-refractivity contribution in [1.82, 2.24) is 0 Å². The molecule has 0 aromatic rings. The summed E-state index contributed by atoms with van der Waals surface area (Å²) in [7, 11) is -3.06. The first kappa shape index (κ1) is 28.4. The molecule has 0 aromatic heterocycles. The summed E-state index contributed by atoms with van der Waals surface area (Å²) in [6.45, 7) is 15.6. The Morgan fingerprint density at radius 1 is 0.393 bits per heavy atom. The fourth-order valence-electron chi connectivity index (χ4n) is 4.69. The summed E-state index contributed by atoms with van der Waals surface area (Å²) in [5.74, 6) is 0. The van der Waals surface area contributed by atoms with Gasteiger partial charge in [0.2, 0.25) is 0 Å². The van der Waals surface area contributed by atoms with Crippen LogP contribution in [0.5, 0.6) is 0 Å². The van der Waals surface area contributed by atoms with Gasteiger partial charge in [0, 0.05) is 13.2 Å². The molecule has 0 unspecified atom stereocenters. The maximum Gasteiger partial charge on any atom is 0.192 e. The number of hydrogen-bond acceptors (Lipinski definition) is 2. The van der Waals surface area contributed by atoms with E-state index in [0.717, 1.165) is 13.2 Å². The first-order chi connectivity index (χ1) is 13.6. The van der Waals surface area contributed by atoms with Crippen LogP contribution in [0, 0.1) is 0 Å². The van der Waals surface area contributed by atoms with Gasteiger partial charge in [0.05, 0.1) is 0 Å². The minimum absolute atomic E-state index is 0.921. The topological polar surface area (TPSA) is 18.5 Å². The van der Waals surface area contributed by atoms with Gasteiger partial charge in [-0.25, -0.2) is 0 Å². The fraction of sp³-hybridized carbons (Fsp3) is 1.00. The van der Waals surface area contributed by atoms with Crippen LogP contribution in [0.4, 0.5) is 0 Å². The number of hydrogen-bond donors (Lipinski definition) is 0. The molecule has 0 radical (unpaired) electrons. The highest BCUT2D eigenvalue weighted by Crippen LogP contribution is 2.33. The van der Waals surface area contributed by atoms with Crippen LogP contribution < -0.4 is 0 Å². The third kappa shape index (κ3) is 12.1. The third-order valence-electron chi connectivity index (χ3n) is 6.36. The second-order valence-electron chi connectivity index (χ2n) is 8.85. The average molecular weight is 431 g/mol. The smallest absolute Gasteiger partial charge is 0.192 e. The van der Waals surface area contributed by atoms with Crippen LogP contribution >= 0.6 is 0 Å². The largest absolute Gasteiger partial charge is 0.417 e. The van der Waals surface area contributed by atoms with Crippen molar-refractivity contribution in [3.8, 4) is 0 Å². The second-order valence-corrected chi connectivity index (χ2v) is 17.2. The van der Waals surface area contributed by atoms with Gasteiger partial charge in [-0.15, -0.1) is 0 Å². The van der Waals surface area contributed by atoms with Crippen LogP contribution in [0.2, 0.25) is 36.3 Å². The van der Waals surface area contributed by atoms with Gasteiger partial charge < -0.3 is 8.85 Å². The normalized spacial score (nSPS) is 12.6. The Bertz CT molecular complexity index is 289. The van der Waals surface area contributed by atoms with Gasteiger partial charge in [-0.2, -0.15) is 0 Å². The fourth-order valence-corrected chi connectivity index (χ4v) is 14.1. The molecule has 0 N–H and O–H groups in total. The summed E-state index contributed by atoms with van der Waals surface area (Å²) in [6, 6.07) is 8.32. The van der Waals surface area contributed by atoms with Crippen LogP contribution in [0.1, 0.15) is 106 Å². The van der Waals surface area contributed by atoms with E-state index in [9.17, 15) is 0 Å². The van der Waals surface area contributed by atoms with Crippen LogP contribution in [0.15, 0.2) is 0 Å². The predicted molar refractivity (Wildman–Crippen MR) is 132 cm³/mol. The highest BCUT2D eigenvalue weighted by atomic mass is 28.4. The lowest BCUT2D eigenvalue weighted by Crippen LogP contribution is -2.39. The molecule has 0 aliphatic heterocycles. The molecule has 0 saturated heterocycles. The van der Waals surface area contributed by atoms with Gasteiger partial charge in [-0.05, 0) is 50.1 Å². The van der Waals surface area contributed by atoms with Crippen molar-refractivity contribution in [3.63, 3.8) is 0 Å². The SMILES string of the molecule is CCCC[Si](CCCC)(CCCC[Si](CCCC)(CCCC)OCC)OCC. The molecule has 0 saturated carbocycles. The van der Waals surface area contributed by atoms with Gasteiger partial charge in [0.1, 0.15) is 0 Å². The summed E-state index contributed by atoms with van der Waals surface area (Å²) in [5, 5.41) is 0. The summed E-state index contributed by atoms with van der Waals surface area (Å²) in [5.41, 5.74) is 0. The summed E-state index contributed by atoms with van der Waals surface area (Å²) in [6.07, 6.45) is 13.4. The molecule has 0 heterocycles. The lowest BCUT2D eigenvalue weighted by atomic mass is 10.4. The van der Waals surface area contributed by atoms with Crippen LogP contribution in [-0.2, 0) is 8.85 Å². The molecular formula is C24H54O2Si2. The van der Waals surface area contributed by atoms with Crippen LogP contribution in [0.3, 0.4) is 0 Å². The molecule has 0 aliphatic rings. The van der Waals surface area contributed by atoms with Crippen molar-refractivity contribution in [2.45, 2.75) is 142 Å². The minimum atomic E-state index is -1.53. The summed E-state index contributed by atoms with van der Waals surface area (Å²) >= 11 is 0. The molecule has 0 bridgehead atoms. The number of rotatable bonds is 21. The predicted octanol–water partition coefficient (Wildman–Crippen LogP) is 8.93. The van der Waals surface area contributed by atoms with Crippen molar-refractivity contribution in [3.05, 3.63) is 0 Å². The molecule has 0 spiro atoms. The monoisotopic (exact) mass is 430 g/mol. The minimum Gasteiger partial charge on any atom is -0.417 e. The van der Waals surface area contributed by atoms with Crippen molar-refractivity contribution in [2.75, 3.05) is 13.2 Å². The Morgan fingerprint density at radius 3 is 0.857 bits per heavy atom. The van der Waals surface area contributed by atoms with Crippen molar-refractivity contribution >= 4 is 16.6 Å². The zero-order valence-corrected chi connectivity index (χ0v) is 22.5. The first-order valence-electron chi connectivity index (χ1n) is 12.8. The zero-order chi connectivity index (χ0) is 21.1. The van der Waals surface area contributed by atoms with E-state index in [1.165, 1.54) is 100 Å². The first-order valence-corrected chi connectivity index (χ1v) is 17.9. The highest BCUT2D eigenvalue weighted by molar-refractivity contribution is 6.74. The second kappa shape index (κ2) is 18.1. The van der Waals surface area contributed by atoms with Gasteiger partial charge in [0.15, 0.2) is 16.6 Å². The highest BCUT2D eigenvalue weighted by Gasteiger charge is 2.35. The molecular weight excluding hydrogens is 376 g/mol. The Labute approximate surface area is 180 Å².